The van der Waals surface area contributed by atoms with Crippen LogP contribution in [0.2, 0.25) is 0 Å². The molecule has 40 heavy (non-hydrogen) atoms. The zero-order chi connectivity index (χ0) is 27.9. The van der Waals surface area contributed by atoms with Crippen molar-refractivity contribution in [1.82, 2.24) is 0 Å². The smallest absolute Gasteiger partial charge is 0.340 e. The molecule has 0 aromatic heterocycles. The first-order valence-corrected chi connectivity index (χ1v) is 12.7. The Bertz CT molecular complexity index is 1610. The van der Waals surface area contributed by atoms with Gasteiger partial charge in [0.05, 0.1) is 5.56 Å². The molecule has 0 amide bonds. The average molecular weight is 531 g/mol. The quantitative estimate of drug-likeness (QED) is 0.193. The monoisotopic (exact) mass is 530 g/mol. The number of hydrogen-bond acceptors (Lipinski definition) is 4. The minimum absolute atomic E-state index is 0.0283. The Morgan fingerprint density at radius 3 is 1.40 bits per heavy atom. The van der Waals surface area contributed by atoms with Crippen molar-refractivity contribution in [3.8, 4) is 33.8 Å². The van der Waals surface area contributed by atoms with Crippen LogP contribution < -0.4 is 9.47 Å². The molecule has 0 heterocycles. The van der Waals surface area contributed by atoms with E-state index in [2.05, 4.69) is 0 Å². The molecule has 0 fully saturated rings. The third-order valence-electron chi connectivity index (χ3n) is 6.47. The molecule has 0 atom stereocenters. The zero-order valence-electron chi connectivity index (χ0n) is 21.5. The number of hydrogen-bond donors (Lipinski definition) is 2. The number of rotatable bonds is 10. The fraction of sp³-hybridized carbons (Fsp3) is 0.0588. The van der Waals surface area contributed by atoms with Gasteiger partial charge in [0, 0.05) is 0 Å². The van der Waals surface area contributed by atoms with Gasteiger partial charge < -0.3 is 19.7 Å². The lowest BCUT2D eigenvalue weighted by Gasteiger charge is -2.17. The molecule has 2 N–H and O–H groups in total. The topological polar surface area (TPSA) is 93.1 Å². The molecule has 198 valence electrons. The summed E-state index contributed by atoms with van der Waals surface area (Å²) in [5.41, 5.74) is 5.09. The van der Waals surface area contributed by atoms with Gasteiger partial charge in [0.1, 0.15) is 18.8 Å². The normalized spacial score (nSPS) is 10.6. The van der Waals surface area contributed by atoms with Crippen molar-refractivity contribution in [3.63, 3.8) is 0 Å². The van der Waals surface area contributed by atoms with Gasteiger partial charge in [-0.25, -0.2) is 9.59 Å². The molecule has 5 rings (SSSR count). The van der Waals surface area contributed by atoms with Crippen LogP contribution in [0.15, 0.2) is 121 Å². The number of aromatic carboxylic acids is 2. The van der Waals surface area contributed by atoms with E-state index in [0.717, 1.165) is 33.4 Å². The van der Waals surface area contributed by atoms with Crippen molar-refractivity contribution in [2.24, 2.45) is 0 Å². The minimum atomic E-state index is -1.41. The highest BCUT2D eigenvalue weighted by atomic mass is 16.5. The van der Waals surface area contributed by atoms with E-state index in [1.807, 2.05) is 109 Å². The fourth-order valence-electron chi connectivity index (χ4n) is 4.38. The van der Waals surface area contributed by atoms with E-state index in [1.165, 1.54) is 12.1 Å². The third kappa shape index (κ3) is 6.03. The van der Waals surface area contributed by atoms with E-state index < -0.39 is 17.5 Å². The van der Waals surface area contributed by atoms with Crippen LogP contribution in [0.4, 0.5) is 0 Å². The largest absolute Gasteiger partial charge is 0.485 e. The molecule has 6 heteroatoms. The van der Waals surface area contributed by atoms with Crippen molar-refractivity contribution in [2.45, 2.75) is 13.2 Å². The van der Waals surface area contributed by atoms with E-state index >= 15 is 0 Å². The Labute approximate surface area is 231 Å². The van der Waals surface area contributed by atoms with Gasteiger partial charge in [0.15, 0.2) is 11.5 Å². The number of benzene rings is 5. The molecule has 0 saturated heterocycles. The maximum atomic E-state index is 12.2. The number of carboxylic acid groups (broad SMARTS) is 2. The summed E-state index contributed by atoms with van der Waals surface area (Å²) in [7, 11) is 0. The maximum absolute atomic E-state index is 12.2. The zero-order valence-corrected chi connectivity index (χ0v) is 21.5. The second-order valence-corrected chi connectivity index (χ2v) is 9.13. The minimum Gasteiger partial charge on any atom is -0.485 e. The predicted molar refractivity (Wildman–Crippen MR) is 153 cm³/mol. The van der Waals surface area contributed by atoms with Gasteiger partial charge in [-0.15, -0.1) is 0 Å². The highest BCUT2D eigenvalue weighted by molar-refractivity contribution is 6.04. The third-order valence-corrected chi connectivity index (χ3v) is 6.47. The molecule has 0 saturated carbocycles. The van der Waals surface area contributed by atoms with Gasteiger partial charge in [-0.1, -0.05) is 109 Å². The molecule has 5 aromatic carbocycles. The van der Waals surface area contributed by atoms with Gasteiger partial charge in [-0.3, -0.25) is 0 Å². The summed E-state index contributed by atoms with van der Waals surface area (Å²) in [6.45, 7) is 0.170. The SMILES string of the molecule is O=C(O)c1ccc(OCc2ccc(-c3ccccc3)cc2)c(OCc2ccc(-c3ccccc3)cc2)c1C(=O)O. The van der Waals surface area contributed by atoms with Crippen LogP contribution in [0, 0.1) is 0 Å². The van der Waals surface area contributed by atoms with Gasteiger partial charge in [-0.05, 0) is 45.5 Å². The van der Waals surface area contributed by atoms with Crippen molar-refractivity contribution in [2.75, 3.05) is 0 Å². The predicted octanol–water partition coefficient (Wildman–Crippen LogP) is 7.58. The van der Waals surface area contributed by atoms with Crippen molar-refractivity contribution in [1.29, 1.82) is 0 Å². The van der Waals surface area contributed by atoms with E-state index in [9.17, 15) is 19.8 Å². The van der Waals surface area contributed by atoms with Gasteiger partial charge in [-0.2, -0.15) is 0 Å². The number of carboxylic acids is 2. The fourth-order valence-corrected chi connectivity index (χ4v) is 4.38. The van der Waals surface area contributed by atoms with Crippen LogP contribution in [0.1, 0.15) is 31.8 Å². The number of ether oxygens (including phenoxy) is 2. The number of carbonyl (C=O) groups is 2. The van der Waals surface area contributed by atoms with Crippen molar-refractivity contribution >= 4 is 11.9 Å². The van der Waals surface area contributed by atoms with Gasteiger partial charge in [0.2, 0.25) is 0 Å². The molecule has 0 aliphatic rings. The van der Waals surface area contributed by atoms with E-state index in [-0.39, 0.29) is 30.3 Å². The maximum Gasteiger partial charge on any atom is 0.340 e. The molecule has 0 unspecified atom stereocenters. The molecule has 0 aliphatic heterocycles. The molecule has 0 aliphatic carbocycles. The Morgan fingerprint density at radius 1 is 0.500 bits per heavy atom. The summed E-state index contributed by atoms with van der Waals surface area (Å²) >= 11 is 0. The Hall–Kier alpha value is -5.36. The highest BCUT2D eigenvalue weighted by Gasteiger charge is 2.25. The molecular formula is C34H26O6. The first kappa shape index (κ1) is 26.3. The van der Waals surface area contributed by atoms with Crippen molar-refractivity contribution in [3.05, 3.63) is 144 Å². The summed E-state index contributed by atoms with van der Waals surface area (Å²) in [5.74, 6) is -2.75. The van der Waals surface area contributed by atoms with Crippen LogP contribution in [-0.2, 0) is 13.2 Å². The Kier molecular flexibility index (Phi) is 7.88. The van der Waals surface area contributed by atoms with E-state index in [0.29, 0.717) is 0 Å². The summed E-state index contributed by atoms with van der Waals surface area (Å²) in [6, 6.07) is 38.1. The summed E-state index contributed by atoms with van der Waals surface area (Å²) in [5, 5.41) is 19.5. The van der Waals surface area contributed by atoms with Crippen LogP contribution in [-0.4, -0.2) is 22.2 Å². The lowest BCUT2D eigenvalue weighted by atomic mass is 10.0. The highest BCUT2D eigenvalue weighted by Crippen LogP contribution is 2.36. The summed E-state index contributed by atoms with van der Waals surface area (Å²) in [6.07, 6.45) is 0. The van der Waals surface area contributed by atoms with E-state index in [1.54, 1.807) is 0 Å². The Morgan fingerprint density at radius 2 is 0.950 bits per heavy atom. The first-order valence-electron chi connectivity index (χ1n) is 12.7. The molecule has 0 radical (unpaired) electrons. The van der Waals surface area contributed by atoms with Gasteiger partial charge >= 0.3 is 11.9 Å². The summed E-state index contributed by atoms with van der Waals surface area (Å²) in [4.78, 5) is 24.0. The van der Waals surface area contributed by atoms with Crippen LogP contribution >= 0.6 is 0 Å². The summed E-state index contributed by atoms with van der Waals surface area (Å²) < 4.78 is 11.9. The second-order valence-electron chi connectivity index (χ2n) is 9.13. The molecule has 6 nitrogen and oxygen atoms in total. The molecule has 0 spiro atoms. The lowest BCUT2D eigenvalue weighted by Crippen LogP contribution is -2.12. The first-order chi connectivity index (χ1) is 19.5. The Balaban J connectivity index is 1.37. The lowest BCUT2D eigenvalue weighted by molar-refractivity contribution is 0.0646. The van der Waals surface area contributed by atoms with Crippen LogP contribution in [0.5, 0.6) is 11.5 Å². The molecular weight excluding hydrogens is 504 g/mol. The second kappa shape index (κ2) is 12.0. The molecule has 0 bridgehead atoms. The average Bonchev–Trinajstić information content (AvgIpc) is 3.00. The molecule has 5 aromatic rings. The van der Waals surface area contributed by atoms with Gasteiger partial charge in [0.25, 0.3) is 0 Å². The van der Waals surface area contributed by atoms with Crippen LogP contribution in [0.3, 0.4) is 0 Å². The van der Waals surface area contributed by atoms with E-state index in [4.69, 9.17) is 9.47 Å². The standard InChI is InChI=1S/C34H26O6/c35-33(36)29-19-20-30(39-21-23-11-15-27(16-12-23)25-7-3-1-4-8-25)32(31(29)34(37)38)40-22-24-13-17-28(18-14-24)26-9-5-2-6-10-26/h1-20H,21-22H2,(H,35,36)(H,37,38). The van der Waals surface area contributed by atoms with Crippen molar-refractivity contribution < 1.29 is 29.3 Å². The van der Waals surface area contributed by atoms with Crippen LogP contribution in [0.25, 0.3) is 22.3 Å².